The highest BCUT2D eigenvalue weighted by molar-refractivity contribution is 6.30. The van der Waals surface area contributed by atoms with Gasteiger partial charge < -0.3 is 5.32 Å². The number of rotatable bonds is 3. The standard InChI is InChI=1S/C13H9ClFN3/c14-12-2-1-10(6-13(12)15)18-8-9-3-4-17-11(5-9)7-16/h1-6,18H,8H2. The summed E-state index contributed by atoms with van der Waals surface area (Å²) in [6, 6.07) is 9.95. The van der Waals surface area contributed by atoms with E-state index in [1.54, 1.807) is 24.4 Å². The molecule has 0 bridgehead atoms. The Morgan fingerprint density at radius 3 is 2.89 bits per heavy atom. The second-order valence-corrected chi connectivity index (χ2v) is 4.05. The van der Waals surface area contributed by atoms with E-state index in [4.69, 9.17) is 16.9 Å². The van der Waals surface area contributed by atoms with Crippen LogP contribution in [0.15, 0.2) is 36.5 Å². The van der Waals surface area contributed by atoms with Crippen molar-refractivity contribution in [3.05, 3.63) is 58.6 Å². The molecule has 0 aliphatic carbocycles. The summed E-state index contributed by atoms with van der Waals surface area (Å²) in [6.07, 6.45) is 1.57. The van der Waals surface area contributed by atoms with Crippen molar-refractivity contribution in [2.24, 2.45) is 0 Å². The number of aromatic nitrogens is 1. The molecule has 0 atom stereocenters. The Bertz CT molecular complexity index is 607. The van der Waals surface area contributed by atoms with Crippen molar-refractivity contribution >= 4 is 17.3 Å². The number of nitrogens with one attached hydrogen (secondary N) is 1. The van der Waals surface area contributed by atoms with E-state index < -0.39 is 5.82 Å². The molecule has 1 N–H and O–H groups in total. The lowest BCUT2D eigenvalue weighted by atomic mass is 10.2. The fourth-order valence-corrected chi connectivity index (χ4v) is 1.57. The van der Waals surface area contributed by atoms with E-state index in [1.165, 1.54) is 12.1 Å². The average Bonchev–Trinajstić information content (AvgIpc) is 2.40. The summed E-state index contributed by atoms with van der Waals surface area (Å²) in [4.78, 5) is 3.87. The van der Waals surface area contributed by atoms with E-state index in [1.807, 2.05) is 6.07 Å². The van der Waals surface area contributed by atoms with Gasteiger partial charge in [-0.05, 0) is 35.9 Å². The van der Waals surface area contributed by atoms with E-state index in [9.17, 15) is 4.39 Å². The molecule has 0 radical (unpaired) electrons. The highest BCUT2D eigenvalue weighted by Gasteiger charge is 2.01. The van der Waals surface area contributed by atoms with Gasteiger partial charge in [0, 0.05) is 18.4 Å². The number of nitriles is 1. The summed E-state index contributed by atoms with van der Waals surface area (Å²) in [7, 11) is 0. The molecule has 0 unspecified atom stereocenters. The molecule has 1 aromatic carbocycles. The average molecular weight is 262 g/mol. The van der Waals surface area contributed by atoms with Gasteiger partial charge in [-0.2, -0.15) is 5.26 Å². The van der Waals surface area contributed by atoms with E-state index in [-0.39, 0.29) is 5.02 Å². The Kier molecular flexibility index (Phi) is 3.75. The molecular weight excluding hydrogens is 253 g/mol. The van der Waals surface area contributed by atoms with Crippen LogP contribution in [0.5, 0.6) is 0 Å². The van der Waals surface area contributed by atoms with Crippen LogP contribution in [0.25, 0.3) is 0 Å². The lowest BCUT2D eigenvalue weighted by Gasteiger charge is -2.07. The molecule has 0 aliphatic rings. The molecule has 5 heteroatoms. The number of hydrogen-bond acceptors (Lipinski definition) is 3. The molecule has 90 valence electrons. The third-order valence-electron chi connectivity index (χ3n) is 2.36. The van der Waals surface area contributed by atoms with E-state index in [0.717, 1.165) is 5.56 Å². The van der Waals surface area contributed by atoms with Crippen molar-refractivity contribution < 1.29 is 4.39 Å². The summed E-state index contributed by atoms with van der Waals surface area (Å²) >= 11 is 5.59. The first kappa shape index (κ1) is 12.3. The fraction of sp³-hybridized carbons (Fsp3) is 0.0769. The highest BCUT2D eigenvalue weighted by Crippen LogP contribution is 2.19. The monoisotopic (exact) mass is 261 g/mol. The van der Waals surface area contributed by atoms with Crippen LogP contribution in [0.4, 0.5) is 10.1 Å². The van der Waals surface area contributed by atoms with Crippen LogP contribution in [-0.2, 0) is 6.54 Å². The molecule has 1 heterocycles. The van der Waals surface area contributed by atoms with Crippen LogP contribution in [0, 0.1) is 17.1 Å². The molecular formula is C13H9ClFN3. The van der Waals surface area contributed by atoms with Crippen molar-refractivity contribution in [3.8, 4) is 6.07 Å². The zero-order chi connectivity index (χ0) is 13.0. The van der Waals surface area contributed by atoms with Gasteiger partial charge in [-0.3, -0.25) is 0 Å². The first-order valence-corrected chi connectivity index (χ1v) is 5.61. The number of hydrogen-bond donors (Lipinski definition) is 1. The van der Waals surface area contributed by atoms with Crippen LogP contribution in [0.1, 0.15) is 11.3 Å². The first-order valence-electron chi connectivity index (χ1n) is 5.23. The minimum atomic E-state index is -0.464. The van der Waals surface area contributed by atoms with Gasteiger partial charge in [-0.1, -0.05) is 11.6 Å². The van der Waals surface area contributed by atoms with Gasteiger partial charge in [0.2, 0.25) is 0 Å². The van der Waals surface area contributed by atoms with Crippen molar-refractivity contribution in [1.82, 2.24) is 4.98 Å². The topological polar surface area (TPSA) is 48.7 Å². The molecule has 18 heavy (non-hydrogen) atoms. The van der Waals surface area contributed by atoms with Crippen LogP contribution in [-0.4, -0.2) is 4.98 Å². The predicted molar refractivity (Wildman–Crippen MR) is 67.7 cm³/mol. The van der Waals surface area contributed by atoms with Gasteiger partial charge in [-0.15, -0.1) is 0 Å². The second kappa shape index (κ2) is 5.48. The highest BCUT2D eigenvalue weighted by atomic mass is 35.5. The van der Waals surface area contributed by atoms with Crippen LogP contribution >= 0.6 is 11.6 Å². The van der Waals surface area contributed by atoms with Gasteiger partial charge in [0.15, 0.2) is 0 Å². The van der Waals surface area contributed by atoms with E-state index in [0.29, 0.717) is 17.9 Å². The van der Waals surface area contributed by atoms with Crippen molar-refractivity contribution in [1.29, 1.82) is 5.26 Å². The lowest BCUT2D eigenvalue weighted by molar-refractivity contribution is 0.628. The maximum absolute atomic E-state index is 13.2. The molecule has 3 nitrogen and oxygen atoms in total. The summed E-state index contributed by atoms with van der Waals surface area (Å²) in [5.41, 5.74) is 1.89. The summed E-state index contributed by atoms with van der Waals surface area (Å²) in [5, 5.41) is 11.9. The van der Waals surface area contributed by atoms with Crippen LogP contribution < -0.4 is 5.32 Å². The van der Waals surface area contributed by atoms with Gasteiger partial charge in [0.25, 0.3) is 0 Å². The zero-order valence-electron chi connectivity index (χ0n) is 9.32. The van der Waals surface area contributed by atoms with E-state index >= 15 is 0 Å². The van der Waals surface area contributed by atoms with E-state index in [2.05, 4.69) is 10.3 Å². The Balaban J connectivity index is 2.07. The van der Waals surface area contributed by atoms with Crippen molar-refractivity contribution in [2.45, 2.75) is 6.54 Å². The summed E-state index contributed by atoms with van der Waals surface area (Å²) in [5.74, 6) is -0.464. The number of pyridine rings is 1. The quantitative estimate of drug-likeness (QED) is 0.922. The predicted octanol–water partition coefficient (Wildman–Crippen LogP) is 3.36. The van der Waals surface area contributed by atoms with Gasteiger partial charge in [-0.25, -0.2) is 9.37 Å². The minimum absolute atomic E-state index is 0.0937. The molecule has 0 saturated heterocycles. The molecule has 1 aromatic heterocycles. The van der Waals surface area contributed by atoms with Crippen LogP contribution in [0.2, 0.25) is 5.02 Å². The largest absolute Gasteiger partial charge is 0.381 e. The maximum Gasteiger partial charge on any atom is 0.143 e. The molecule has 0 aliphatic heterocycles. The third kappa shape index (κ3) is 2.96. The minimum Gasteiger partial charge on any atom is -0.381 e. The Hall–Kier alpha value is -2.12. The maximum atomic E-state index is 13.2. The molecule has 2 aromatic rings. The Morgan fingerprint density at radius 1 is 1.33 bits per heavy atom. The number of nitrogens with zero attached hydrogens (tertiary/aromatic N) is 2. The zero-order valence-corrected chi connectivity index (χ0v) is 10.1. The second-order valence-electron chi connectivity index (χ2n) is 3.64. The first-order chi connectivity index (χ1) is 8.69. The number of halogens is 2. The Morgan fingerprint density at radius 2 is 2.17 bits per heavy atom. The Labute approximate surface area is 109 Å². The SMILES string of the molecule is N#Cc1cc(CNc2ccc(Cl)c(F)c2)ccn1. The molecule has 2 rings (SSSR count). The van der Waals surface area contributed by atoms with Gasteiger partial charge >= 0.3 is 0 Å². The summed E-state index contributed by atoms with van der Waals surface area (Å²) in [6.45, 7) is 0.484. The van der Waals surface area contributed by atoms with Crippen molar-refractivity contribution in [3.63, 3.8) is 0 Å². The normalized spacial score (nSPS) is 9.83. The molecule has 0 fully saturated rings. The van der Waals surface area contributed by atoms with Gasteiger partial charge in [0.1, 0.15) is 17.6 Å². The summed E-state index contributed by atoms with van der Waals surface area (Å²) < 4.78 is 13.2. The molecule has 0 spiro atoms. The molecule has 0 saturated carbocycles. The smallest absolute Gasteiger partial charge is 0.143 e. The van der Waals surface area contributed by atoms with Crippen LogP contribution in [0.3, 0.4) is 0 Å². The fourth-order valence-electron chi connectivity index (χ4n) is 1.46. The number of benzene rings is 1. The van der Waals surface area contributed by atoms with Gasteiger partial charge in [0.05, 0.1) is 5.02 Å². The lowest BCUT2D eigenvalue weighted by Crippen LogP contribution is -2.00. The van der Waals surface area contributed by atoms with Crippen molar-refractivity contribution in [2.75, 3.05) is 5.32 Å². The third-order valence-corrected chi connectivity index (χ3v) is 2.66. The number of anilines is 1. The molecule has 0 amide bonds.